The Labute approximate surface area is 215 Å². The summed E-state index contributed by atoms with van der Waals surface area (Å²) in [6.07, 6.45) is 3.07. The predicted molar refractivity (Wildman–Crippen MR) is 138 cm³/mol. The normalized spacial score (nSPS) is 16.8. The third-order valence-corrected chi connectivity index (χ3v) is 6.60. The van der Waals surface area contributed by atoms with Gasteiger partial charge in [0.15, 0.2) is 0 Å². The van der Waals surface area contributed by atoms with Crippen molar-refractivity contribution in [2.45, 2.75) is 57.2 Å². The summed E-state index contributed by atoms with van der Waals surface area (Å²) >= 11 is 0. The molecule has 0 radical (unpaired) electrons. The monoisotopic (exact) mass is 507 g/mol. The molecular formula is C27H33N5O5. The van der Waals surface area contributed by atoms with Crippen LogP contribution in [0.1, 0.15) is 54.3 Å². The zero-order valence-corrected chi connectivity index (χ0v) is 21.0. The number of aliphatic carboxylic acids is 1. The van der Waals surface area contributed by atoms with Crippen molar-refractivity contribution in [1.82, 2.24) is 20.9 Å². The van der Waals surface area contributed by atoms with Gasteiger partial charge in [0.2, 0.25) is 5.91 Å². The Bertz CT molecular complexity index is 1180. The lowest BCUT2D eigenvalue weighted by molar-refractivity contribution is -0.141. The van der Waals surface area contributed by atoms with Gasteiger partial charge in [-0.15, -0.1) is 0 Å². The van der Waals surface area contributed by atoms with Crippen LogP contribution in [0.15, 0.2) is 41.4 Å². The Morgan fingerprint density at radius 2 is 2.03 bits per heavy atom. The fourth-order valence-electron chi connectivity index (χ4n) is 4.60. The summed E-state index contributed by atoms with van der Waals surface area (Å²) in [6, 6.07) is 10.2. The lowest BCUT2D eigenvalue weighted by atomic mass is 10.0. The summed E-state index contributed by atoms with van der Waals surface area (Å²) in [6.45, 7) is 1.95. The number of carbonyl (C=O) groups excluding carboxylic acids is 2. The van der Waals surface area contributed by atoms with E-state index in [0.717, 1.165) is 49.3 Å². The van der Waals surface area contributed by atoms with E-state index in [1.165, 1.54) is 12.7 Å². The van der Waals surface area contributed by atoms with Crippen LogP contribution in [0, 0.1) is 0 Å². The summed E-state index contributed by atoms with van der Waals surface area (Å²) in [5.41, 5.74) is 4.96. The number of aryl methyl sites for hydroxylation is 1. The standard InChI is InChI=1S/C27H33N5O5/c1-37-25-19-7-3-4-8-21(19)31-24(25)26(34)32-22(27(35)36)13-15-29-23(33)9-5-2-6-18-11-10-17-16-28-14-12-20(17)30-18/h3-4,7-8,10-11,22,25,28H,2,5-6,9,12-16H2,1H3,(H,29,33)(H,32,34)(H,35,36)/t22-,25?/m0/s1. The first-order valence-corrected chi connectivity index (χ1v) is 12.7. The van der Waals surface area contributed by atoms with Crippen LogP contribution < -0.4 is 16.0 Å². The summed E-state index contributed by atoms with van der Waals surface area (Å²) in [5, 5.41) is 18.2. The van der Waals surface area contributed by atoms with Crippen LogP contribution in [0.25, 0.3) is 0 Å². The number of pyridine rings is 1. The topological polar surface area (TPSA) is 142 Å². The van der Waals surface area contributed by atoms with Gasteiger partial charge in [-0.05, 0) is 43.4 Å². The van der Waals surface area contributed by atoms with Crippen LogP contribution in [-0.4, -0.2) is 59.8 Å². The SMILES string of the molecule is COC1C(C(=O)N[C@@H](CCNC(=O)CCCCc2ccc3c(n2)CCNC3)C(=O)O)=Nc2ccccc21. The van der Waals surface area contributed by atoms with Crippen LogP contribution >= 0.6 is 0 Å². The molecule has 3 heterocycles. The van der Waals surface area contributed by atoms with Gasteiger partial charge in [-0.25, -0.2) is 9.79 Å². The van der Waals surface area contributed by atoms with Crippen molar-refractivity contribution in [3.63, 3.8) is 0 Å². The minimum absolute atomic E-state index is 0.0542. The molecule has 2 atom stereocenters. The van der Waals surface area contributed by atoms with E-state index in [4.69, 9.17) is 9.72 Å². The molecule has 0 fully saturated rings. The summed E-state index contributed by atoms with van der Waals surface area (Å²) in [7, 11) is 1.47. The second kappa shape index (κ2) is 12.6. The number of para-hydroxylation sites is 1. The van der Waals surface area contributed by atoms with Gasteiger partial charge >= 0.3 is 5.97 Å². The molecule has 1 aromatic heterocycles. The first-order chi connectivity index (χ1) is 18.0. The van der Waals surface area contributed by atoms with Crippen LogP contribution in [0.4, 0.5) is 5.69 Å². The van der Waals surface area contributed by atoms with E-state index in [1.54, 1.807) is 6.07 Å². The molecule has 0 aliphatic carbocycles. The number of carboxylic acids is 1. The van der Waals surface area contributed by atoms with Gasteiger partial charge in [-0.1, -0.05) is 24.3 Å². The van der Waals surface area contributed by atoms with Gasteiger partial charge in [0.25, 0.3) is 5.91 Å². The second-order valence-corrected chi connectivity index (χ2v) is 9.22. The molecule has 0 saturated carbocycles. The number of methoxy groups -OCH3 is 1. The number of rotatable bonds is 12. The fraction of sp³-hybridized carbons (Fsp3) is 0.444. The van der Waals surface area contributed by atoms with E-state index < -0.39 is 24.0 Å². The molecule has 10 heteroatoms. The van der Waals surface area contributed by atoms with E-state index in [2.05, 4.69) is 33.1 Å². The van der Waals surface area contributed by atoms with Crippen molar-refractivity contribution in [3.8, 4) is 0 Å². The summed E-state index contributed by atoms with van der Waals surface area (Å²) in [5.74, 6) is -1.93. The molecule has 2 aliphatic heterocycles. The quantitative estimate of drug-likeness (QED) is 0.322. The van der Waals surface area contributed by atoms with E-state index in [-0.39, 0.29) is 24.6 Å². The maximum absolute atomic E-state index is 12.8. The van der Waals surface area contributed by atoms with Crippen molar-refractivity contribution < 1.29 is 24.2 Å². The number of aromatic nitrogens is 1. The molecule has 4 N–H and O–H groups in total. The first-order valence-electron chi connectivity index (χ1n) is 12.7. The molecule has 4 rings (SSSR count). The molecule has 1 aromatic carbocycles. The summed E-state index contributed by atoms with van der Waals surface area (Å²) in [4.78, 5) is 45.8. The van der Waals surface area contributed by atoms with Gasteiger partial charge in [0.1, 0.15) is 17.9 Å². The predicted octanol–water partition coefficient (Wildman–Crippen LogP) is 1.99. The Morgan fingerprint density at radius 3 is 2.84 bits per heavy atom. The van der Waals surface area contributed by atoms with Crippen LogP contribution in [0.5, 0.6) is 0 Å². The van der Waals surface area contributed by atoms with E-state index in [0.29, 0.717) is 18.5 Å². The largest absolute Gasteiger partial charge is 0.480 e. The average Bonchev–Trinajstić information content (AvgIpc) is 3.29. The number of carboxylic acid groups (broad SMARTS) is 1. The maximum atomic E-state index is 12.8. The first kappa shape index (κ1) is 26.4. The molecule has 196 valence electrons. The van der Waals surface area contributed by atoms with Gasteiger partial charge in [-0.3, -0.25) is 14.6 Å². The minimum Gasteiger partial charge on any atom is -0.480 e. The third-order valence-electron chi connectivity index (χ3n) is 6.60. The number of nitrogens with zero attached hydrogens (tertiary/aromatic N) is 2. The zero-order chi connectivity index (χ0) is 26.2. The highest BCUT2D eigenvalue weighted by atomic mass is 16.5. The number of carbonyl (C=O) groups is 3. The molecule has 10 nitrogen and oxygen atoms in total. The van der Waals surface area contributed by atoms with E-state index in [1.807, 2.05) is 18.2 Å². The number of hydrogen-bond acceptors (Lipinski definition) is 7. The highest BCUT2D eigenvalue weighted by Crippen LogP contribution is 2.35. The average molecular weight is 508 g/mol. The summed E-state index contributed by atoms with van der Waals surface area (Å²) < 4.78 is 5.42. The molecule has 0 bridgehead atoms. The van der Waals surface area contributed by atoms with Gasteiger partial charge in [-0.2, -0.15) is 0 Å². The maximum Gasteiger partial charge on any atom is 0.326 e. The molecule has 1 unspecified atom stereocenters. The van der Waals surface area contributed by atoms with Gasteiger partial charge < -0.3 is 25.8 Å². The number of amides is 2. The van der Waals surface area contributed by atoms with Gasteiger partial charge in [0, 0.05) is 56.5 Å². The van der Waals surface area contributed by atoms with E-state index >= 15 is 0 Å². The van der Waals surface area contributed by atoms with Crippen LogP contribution in [0.2, 0.25) is 0 Å². The van der Waals surface area contributed by atoms with Crippen LogP contribution in [-0.2, 0) is 38.5 Å². The number of nitrogens with one attached hydrogen (secondary N) is 3. The molecular weight excluding hydrogens is 474 g/mol. The Morgan fingerprint density at radius 1 is 1.19 bits per heavy atom. The lowest BCUT2D eigenvalue weighted by Crippen LogP contribution is -2.46. The van der Waals surface area contributed by atoms with Gasteiger partial charge in [0.05, 0.1) is 5.69 Å². The number of unbranched alkanes of at least 4 members (excludes halogenated alkanes) is 1. The molecule has 2 aromatic rings. The number of ether oxygens (including phenoxy) is 1. The second-order valence-electron chi connectivity index (χ2n) is 9.22. The van der Waals surface area contributed by atoms with E-state index in [9.17, 15) is 19.5 Å². The Kier molecular flexibility index (Phi) is 8.97. The molecule has 0 saturated heterocycles. The van der Waals surface area contributed by atoms with Crippen molar-refractivity contribution in [1.29, 1.82) is 0 Å². The molecule has 37 heavy (non-hydrogen) atoms. The Hall–Kier alpha value is -3.63. The van der Waals surface area contributed by atoms with Crippen LogP contribution in [0.3, 0.4) is 0 Å². The van der Waals surface area contributed by atoms with Crippen molar-refractivity contribution in [2.75, 3.05) is 20.2 Å². The van der Waals surface area contributed by atoms with Crippen molar-refractivity contribution >= 4 is 29.2 Å². The van der Waals surface area contributed by atoms with Crippen molar-refractivity contribution in [2.24, 2.45) is 4.99 Å². The number of fused-ring (bicyclic) bond motifs is 2. The minimum atomic E-state index is -1.18. The fourth-order valence-corrected chi connectivity index (χ4v) is 4.60. The van der Waals surface area contributed by atoms with Crippen molar-refractivity contribution in [3.05, 3.63) is 58.9 Å². The number of hydrogen-bond donors (Lipinski definition) is 4. The smallest absolute Gasteiger partial charge is 0.326 e. The Balaban J connectivity index is 1.17. The molecule has 2 amide bonds. The molecule has 0 spiro atoms. The number of benzene rings is 1. The third kappa shape index (κ3) is 6.78. The number of aliphatic imine (C=N–C) groups is 1. The molecule has 2 aliphatic rings. The lowest BCUT2D eigenvalue weighted by Gasteiger charge is -2.17. The highest BCUT2D eigenvalue weighted by molar-refractivity contribution is 6.42. The zero-order valence-electron chi connectivity index (χ0n) is 21.0. The highest BCUT2D eigenvalue weighted by Gasteiger charge is 2.33.